The Kier molecular flexibility index (Phi) is 2.78. The number of aliphatic hydroxyl groups is 1. The molecule has 0 spiro atoms. The third-order valence-electron chi connectivity index (χ3n) is 4.10. The van der Waals surface area contributed by atoms with Crippen molar-refractivity contribution < 1.29 is 9.50 Å². The van der Waals surface area contributed by atoms with Crippen LogP contribution in [-0.2, 0) is 0 Å². The molecular weight excluding hydrogens is 271 g/mol. The molecule has 6 heteroatoms. The normalized spacial score (nSPS) is 22.2. The first-order chi connectivity index (χ1) is 10.2. The molecule has 1 aliphatic carbocycles. The van der Waals surface area contributed by atoms with Gasteiger partial charge in [0.1, 0.15) is 23.6 Å². The van der Waals surface area contributed by atoms with Gasteiger partial charge in [-0.05, 0) is 37.5 Å². The Morgan fingerprint density at radius 3 is 3.00 bits per heavy atom. The van der Waals surface area contributed by atoms with Gasteiger partial charge in [-0.25, -0.2) is 14.4 Å². The summed E-state index contributed by atoms with van der Waals surface area (Å²) in [5.41, 5.74) is 1.40. The molecule has 21 heavy (non-hydrogen) atoms. The predicted molar refractivity (Wildman–Crippen MR) is 78.6 cm³/mol. The van der Waals surface area contributed by atoms with Crippen LogP contribution in [0.4, 0.5) is 10.2 Å². The second kappa shape index (κ2) is 4.66. The molecule has 1 fully saturated rings. The van der Waals surface area contributed by atoms with Gasteiger partial charge in [0.05, 0.1) is 17.0 Å². The Bertz CT molecular complexity index is 816. The summed E-state index contributed by atoms with van der Waals surface area (Å²) in [7, 11) is 0. The zero-order chi connectivity index (χ0) is 14.4. The number of nitrogens with one attached hydrogen (secondary N) is 2. The van der Waals surface area contributed by atoms with Crippen LogP contribution < -0.4 is 5.32 Å². The standard InChI is InChI=1S/C15H15FN4O/c16-8-1-4-11-12(5-8)20-15-13(11)14(17-7-18-15)19-9-2-3-10(21)6-9/h1,4-5,7,9-10,21H,2-3,6H2,(H2,17,18,19,20)/t9-,10+/m1/s1. The van der Waals surface area contributed by atoms with Crippen LogP contribution in [0, 0.1) is 5.82 Å². The summed E-state index contributed by atoms with van der Waals surface area (Å²) < 4.78 is 13.3. The van der Waals surface area contributed by atoms with Crippen LogP contribution in [0.25, 0.3) is 21.9 Å². The number of anilines is 1. The lowest BCUT2D eigenvalue weighted by atomic mass is 10.2. The molecule has 2 atom stereocenters. The molecule has 2 heterocycles. The van der Waals surface area contributed by atoms with E-state index in [1.54, 1.807) is 6.07 Å². The van der Waals surface area contributed by atoms with Crippen LogP contribution in [0.5, 0.6) is 0 Å². The second-order valence-electron chi connectivity index (χ2n) is 5.57. The second-order valence-corrected chi connectivity index (χ2v) is 5.57. The van der Waals surface area contributed by atoms with Crippen molar-refractivity contribution in [1.82, 2.24) is 15.0 Å². The molecule has 0 bridgehead atoms. The zero-order valence-electron chi connectivity index (χ0n) is 11.3. The number of aromatic nitrogens is 3. The summed E-state index contributed by atoms with van der Waals surface area (Å²) >= 11 is 0. The topological polar surface area (TPSA) is 73.8 Å². The van der Waals surface area contributed by atoms with E-state index >= 15 is 0 Å². The van der Waals surface area contributed by atoms with Crippen LogP contribution in [0.15, 0.2) is 24.5 Å². The fraction of sp³-hybridized carbons (Fsp3) is 0.333. The van der Waals surface area contributed by atoms with Crippen LogP contribution in [0.1, 0.15) is 19.3 Å². The number of hydrogen-bond acceptors (Lipinski definition) is 4. The minimum Gasteiger partial charge on any atom is -0.393 e. The minimum atomic E-state index is -0.282. The first-order valence-electron chi connectivity index (χ1n) is 7.07. The van der Waals surface area contributed by atoms with Crippen molar-refractivity contribution in [3.8, 4) is 0 Å². The largest absolute Gasteiger partial charge is 0.393 e. The maximum absolute atomic E-state index is 13.3. The molecular formula is C15H15FN4O. The molecule has 5 nitrogen and oxygen atoms in total. The third kappa shape index (κ3) is 2.12. The highest BCUT2D eigenvalue weighted by molar-refractivity contribution is 6.11. The van der Waals surface area contributed by atoms with E-state index in [-0.39, 0.29) is 18.0 Å². The van der Waals surface area contributed by atoms with Crippen molar-refractivity contribution in [2.45, 2.75) is 31.4 Å². The Morgan fingerprint density at radius 1 is 1.29 bits per heavy atom. The molecule has 0 aliphatic heterocycles. The van der Waals surface area contributed by atoms with Crippen LogP contribution >= 0.6 is 0 Å². The third-order valence-corrected chi connectivity index (χ3v) is 4.10. The first-order valence-corrected chi connectivity index (χ1v) is 7.07. The maximum atomic E-state index is 13.3. The van der Waals surface area contributed by atoms with Crippen LogP contribution in [0.3, 0.4) is 0 Å². The van der Waals surface area contributed by atoms with Gasteiger partial charge in [-0.1, -0.05) is 0 Å². The molecule has 3 aromatic rings. The molecule has 0 amide bonds. The predicted octanol–water partition coefficient (Wildman–Crippen LogP) is 2.58. The van der Waals surface area contributed by atoms with Gasteiger partial charge in [-0.15, -0.1) is 0 Å². The number of halogens is 1. The number of rotatable bonds is 2. The molecule has 1 saturated carbocycles. The summed E-state index contributed by atoms with van der Waals surface area (Å²) in [6.07, 6.45) is 3.70. The van der Waals surface area contributed by atoms with Gasteiger partial charge in [0.25, 0.3) is 0 Å². The fourth-order valence-electron chi connectivity index (χ4n) is 3.09. The van der Waals surface area contributed by atoms with Gasteiger partial charge in [-0.3, -0.25) is 0 Å². The molecule has 0 saturated heterocycles. The zero-order valence-corrected chi connectivity index (χ0v) is 11.3. The lowest BCUT2D eigenvalue weighted by Crippen LogP contribution is -2.17. The summed E-state index contributed by atoms with van der Waals surface area (Å²) in [6.45, 7) is 0. The van der Waals surface area contributed by atoms with Crippen molar-refractivity contribution in [3.63, 3.8) is 0 Å². The summed E-state index contributed by atoms with van der Waals surface area (Å²) in [6, 6.07) is 4.84. The Hall–Kier alpha value is -2.21. The van der Waals surface area contributed by atoms with Gasteiger partial charge in [-0.2, -0.15) is 0 Å². The van der Waals surface area contributed by atoms with E-state index in [4.69, 9.17) is 0 Å². The van der Waals surface area contributed by atoms with Crippen molar-refractivity contribution >= 4 is 27.8 Å². The SMILES string of the molecule is O[C@H]1CC[C@@H](Nc2ncnc3[nH]c4cc(F)ccc4c23)C1. The highest BCUT2D eigenvalue weighted by atomic mass is 19.1. The number of nitrogens with zero attached hydrogens (tertiary/aromatic N) is 2. The Balaban J connectivity index is 1.83. The van der Waals surface area contributed by atoms with E-state index in [1.165, 1.54) is 18.5 Å². The van der Waals surface area contributed by atoms with E-state index in [0.717, 1.165) is 35.9 Å². The molecule has 3 N–H and O–H groups in total. The van der Waals surface area contributed by atoms with E-state index in [0.29, 0.717) is 11.2 Å². The molecule has 4 rings (SSSR count). The van der Waals surface area contributed by atoms with Crippen molar-refractivity contribution in [3.05, 3.63) is 30.3 Å². The molecule has 0 unspecified atom stereocenters. The van der Waals surface area contributed by atoms with Gasteiger partial charge < -0.3 is 15.4 Å². The number of hydrogen-bond donors (Lipinski definition) is 3. The number of aliphatic hydroxyl groups excluding tert-OH is 1. The minimum absolute atomic E-state index is 0.212. The number of benzene rings is 1. The first kappa shape index (κ1) is 12.5. The monoisotopic (exact) mass is 286 g/mol. The van der Waals surface area contributed by atoms with Crippen LogP contribution in [-0.4, -0.2) is 32.2 Å². The molecule has 1 aliphatic rings. The average molecular weight is 286 g/mol. The molecule has 0 radical (unpaired) electrons. The van der Waals surface area contributed by atoms with Crippen molar-refractivity contribution in [1.29, 1.82) is 0 Å². The van der Waals surface area contributed by atoms with Gasteiger partial charge in [0.15, 0.2) is 0 Å². The van der Waals surface area contributed by atoms with Gasteiger partial charge in [0.2, 0.25) is 0 Å². The van der Waals surface area contributed by atoms with Gasteiger partial charge >= 0.3 is 0 Å². The summed E-state index contributed by atoms with van der Waals surface area (Å²) in [5.74, 6) is 0.451. The summed E-state index contributed by atoms with van der Waals surface area (Å²) in [4.78, 5) is 11.7. The smallest absolute Gasteiger partial charge is 0.143 e. The number of aromatic amines is 1. The molecule has 2 aromatic heterocycles. The van der Waals surface area contributed by atoms with E-state index in [2.05, 4.69) is 20.3 Å². The lowest BCUT2D eigenvalue weighted by Gasteiger charge is -2.13. The van der Waals surface area contributed by atoms with Crippen LogP contribution in [0.2, 0.25) is 0 Å². The highest BCUT2D eigenvalue weighted by Crippen LogP contribution is 2.31. The van der Waals surface area contributed by atoms with Gasteiger partial charge in [0, 0.05) is 11.4 Å². The maximum Gasteiger partial charge on any atom is 0.143 e. The fourth-order valence-corrected chi connectivity index (χ4v) is 3.09. The number of H-pyrrole nitrogens is 1. The highest BCUT2D eigenvalue weighted by Gasteiger charge is 2.24. The molecule has 1 aromatic carbocycles. The average Bonchev–Trinajstić information content (AvgIpc) is 3.02. The Labute approximate surface area is 120 Å². The van der Waals surface area contributed by atoms with E-state index in [1.807, 2.05) is 0 Å². The van der Waals surface area contributed by atoms with Crippen molar-refractivity contribution in [2.24, 2.45) is 0 Å². The van der Waals surface area contributed by atoms with Crippen molar-refractivity contribution in [2.75, 3.05) is 5.32 Å². The van der Waals surface area contributed by atoms with E-state index < -0.39 is 0 Å². The quantitative estimate of drug-likeness (QED) is 0.677. The summed E-state index contributed by atoms with van der Waals surface area (Å²) in [5, 5.41) is 14.8. The molecule has 108 valence electrons. The Morgan fingerprint density at radius 2 is 2.19 bits per heavy atom. The van der Waals surface area contributed by atoms with E-state index in [9.17, 15) is 9.50 Å². The lowest BCUT2D eigenvalue weighted by molar-refractivity contribution is 0.182. The number of fused-ring (bicyclic) bond motifs is 3.